The number of carbonyl (C=O) groups excluding carboxylic acids is 1. The van der Waals surface area contributed by atoms with Gasteiger partial charge in [-0.2, -0.15) is 0 Å². The molecule has 142 valence electrons. The van der Waals surface area contributed by atoms with Crippen LogP contribution in [0, 0.1) is 0 Å². The first-order valence-corrected chi connectivity index (χ1v) is 9.56. The molecule has 0 bridgehead atoms. The Labute approximate surface area is 163 Å². The summed E-state index contributed by atoms with van der Waals surface area (Å²) < 4.78 is 11.3. The van der Waals surface area contributed by atoms with Crippen molar-refractivity contribution in [2.75, 3.05) is 20.2 Å². The summed E-state index contributed by atoms with van der Waals surface area (Å²) in [5.74, 6) is 1.26. The molecule has 26 heavy (non-hydrogen) atoms. The van der Waals surface area contributed by atoms with Crippen molar-refractivity contribution < 1.29 is 13.9 Å². The SMILES string of the molecule is CC(Sc1nnc(C(C)(C)C)o1)C(=O)N(C)CCOc1ccc(Cl)cc1. The van der Waals surface area contributed by atoms with Gasteiger partial charge in [0.05, 0.1) is 11.8 Å². The topological polar surface area (TPSA) is 68.5 Å². The molecule has 0 radical (unpaired) electrons. The molecule has 2 rings (SSSR count). The van der Waals surface area contributed by atoms with Crippen molar-refractivity contribution in [3.63, 3.8) is 0 Å². The van der Waals surface area contributed by atoms with E-state index in [9.17, 15) is 4.79 Å². The molecule has 0 saturated heterocycles. The summed E-state index contributed by atoms with van der Waals surface area (Å²) in [6.45, 7) is 8.69. The van der Waals surface area contributed by atoms with Crippen molar-refractivity contribution in [1.82, 2.24) is 15.1 Å². The first-order valence-electron chi connectivity index (χ1n) is 8.31. The minimum Gasteiger partial charge on any atom is -0.492 e. The lowest BCUT2D eigenvalue weighted by Gasteiger charge is -2.20. The summed E-state index contributed by atoms with van der Waals surface area (Å²) in [6, 6.07) is 7.12. The van der Waals surface area contributed by atoms with E-state index in [1.54, 1.807) is 36.2 Å². The van der Waals surface area contributed by atoms with E-state index in [-0.39, 0.29) is 16.6 Å². The van der Waals surface area contributed by atoms with E-state index in [1.165, 1.54) is 11.8 Å². The molecule has 1 atom stereocenters. The number of hydrogen-bond donors (Lipinski definition) is 0. The summed E-state index contributed by atoms with van der Waals surface area (Å²) in [7, 11) is 1.75. The quantitative estimate of drug-likeness (QED) is 0.657. The number of benzene rings is 1. The van der Waals surface area contributed by atoms with Gasteiger partial charge >= 0.3 is 0 Å². The smallest absolute Gasteiger partial charge is 0.277 e. The number of aromatic nitrogens is 2. The molecule has 1 unspecified atom stereocenters. The number of rotatable bonds is 7. The van der Waals surface area contributed by atoms with Crippen LogP contribution in [0.1, 0.15) is 33.6 Å². The summed E-state index contributed by atoms with van der Waals surface area (Å²) >= 11 is 7.10. The number of ether oxygens (including phenoxy) is 1. The minimum atomic E-state index is -0.330. The lowest BCUT2D eigenvalue weighted by molar-refractivity contribution is -0.129. The third kappa shape index (κ3) is 5.92. The molecule has 0 N–H and O–H groups in total. The van der Waals surface area contributed by atoms with Crippen LogP contribution in [0.2, 0.25) is 5.02 Å². The summed E-state index contributed by atoms with van der Waals surface area (Å²) in [5, 5.41) is 8.79. The van der Waals surface area contributed by atoms with Gasteiger partial charge in [0, 0.05) is 17.5 Å². The average molecular weight is 398 g/mol. The van der Waals surface area contributed by atoms with Crippen molar-refractivity contribution in [3.05, 3.63) is 35.2 Å². The predicted octanol–water partition coefficient (Wildman–Crippen LogP) is 4.04. The second-order valence-corrected chi connectivity index (χ2v) is 8.67. The van der Waals surface area contributed by atoms with Crippen molar-refractivity contribution >= 4 is 29.3 Å². The maximum atomic E-state index is 12.5. The summed E-state index contributed by atoms with van der Waals surface area (Å²) in [4.78, 5) is 14.1. The number of nitrogens with zero attached hydrogens (tertiary/aromatic N) is 3. The monoisotopic (exact) mass is 397 g/mol. The molecule has 2 aromatic rings. The molecule has 0 fully saturated rings. The number of likely N-dealkylation sites (N-methyl/N-ethyl adjacent to an activating group) is 1. The third-order valence-corrected chi connectivity index (χ3v) is 4.73. The van der Waals surface area contributed by atoms with Crippen LogP contribution in [0.3, 0.4) is 0 Å². The number of thioether (sulfide) groups is 1. The van der Waals surface area contributed by atoms with Gasteiger partial charge in [-0.15, -0.1) is 10.2 Å². The highest BCUT2D eigenvalue weighted by Crippen LogP contribution is 2.27. The Bertz CT molecular complexity index is 728. The molecule has 8 heteroatoms. The van der Waals surface area contributed by atoms with E-state index >= 15 is 0 Å². The normalized spacial score (nSPS) is 12.7. The maximum Gasteiger partial charge on any atom is 0.277 e. The number of hydrogen-bond acceptors (Lipinski definition) is 6. The minimum absolute atomic E-state index is 0.0229. The molecule has 0 aliphatic heterocycles. The van der Waals surface area contributed by atoms with Gasteiger partial charge in [-0.1, -0.05) is 44.1 Å². The Morgan fingerprint density at radius 2 is 1.96 bits per heavy atom. The van der Waals surface area contributed by atoms with E-state index in [0.29, 0.717) is 29.3 Å². The fourth-order valence-electron chi connectivity index (χ4n) is 2.01. The zero-order valence-corrected chi connectivity index (χ0v) is 17.2. The van der Waals surface area contributed by atoms with Crippen molar-refractivity contribution in [2.24, 2.45) is 0 Å². The molecule has 6 nitrogen and oxygen atoms in total. The molecule has 1 amide bonds. The molecule has 0 aliphatic rings. The second-order valence-electron chi connectivity index (χ2n) is 6.95. The largest absolute Gasteiger partial charge is 0.492 e. The van der Waals surface area contributed by atoms with Gasteiger partial charge in [-0.3, -0.25) is 4.79 Å². The van der Waals surface area contributed by atoms with Crippen LogP contribution in [0.4, 0.5) is 0 Å². The van der Waals surface area contributed by atoms with Crippen LogP contribution in [0.15, 0.2) is 33.9 Å². The van der Waals surface area contributed by atoms with Gasteiger partial charge in [0.1, 0.15) is 12.4 Å². The van der Waals surface area contributed by atoms with E-state index in [1.807, 2.05) is 27.7 Å². The van der Waals surface area contributed by atoms with Gasteiger partial charge in [0.15, 0.2) is 0 Å². The number of amides is 1. The summed E-state index contributed by atoms with van der Waals surface area (Å²) in [6.07, 6.45) is 0. The molecule has 1 heterocycles. The molecular formula is C18H24ClN3O3S. The van der Waals surface area contributed by atoms with Gasteiger partial charge < -0.3 is 14.1 Å². The maximum absolute atomic E-state index is 12.5. The van der Waals surface area contributed by atoms with Gasteiger partial charge in [-0.05, 0) is 31.2 Å². The average Bonchev–Trinajstić information content (AvgIpc) is 3.04. The molecule has 1 aromatic carbocycles. The van der Waals surface area contributed by atoms with Crippen LogP contribution in [-0.2, 0) is 10.2 Å². The Kier molecular flexibility index (Phi) is 6.94. The molecule has 0 aliphatic carbocycles. The van der Waals surface area contributed by atoms with Crippen molar-refractivity contribution in [3.8, 4) is 5.75 Å². The fraction of sp³-hybridized carbons (Fsp3) is 0.500. The summed E-state index contributed by atoms with van der Waals surface area (Å²) in [5.41, 5.74) is -0.213. The molecule has 0 spiro atoms. The van der Waals surface area contributed by atoms with Crippen molar-refractivity contribution in [2.45, 2.75) is 43.6 Å². The highest BCUT2D eigenvalue weighted by molar-refractivity contribution is 8.00. The van der Waals surface area contributed by atoms with Crippen LogP contribution in [-0.4, -0.2) is 46.5 Å². The fourth-order valence-corrected chi connectivity index (χ4v) is 2.94. The van der Waals surface area contributed by atoms with Crippen LogP contribution in [0.5, 0.6) is 5.75 Å². The Hall–Kier alpha value is -1.73. The Morgan fingerprint density at radius 3 is 2.54 bits per heavy atom. The van der Waals surface area contributed by atoms with Crippen molar-refractivity contribution in [1.29, 1.82) is 0 Å². The van der Waals surface area contributed by atoms with Gasteiger partial charge in [0.25, 0.3) is 5.22 Å². The van der Waals surface area contributed by atoms with Gasteiger partial charge in [0.2, 0.25) is 11.8 Å². The number of halogens is 1. The van der Waals surface area contributed by atoms with E-state index in [2.05, 4.69) is 10.2 Å². The van der Waals surface area contributed by atoms with Crippen LogP contribution < -0.4 is 4.74 Å². The first kappa shape index (κ1) is 20.6. The zero-order chi connectivity index (χ0) is 19.3. The Balaban J connectivity index is 1.81. The van der Waals surface area contributed by atoms with Crippen LogP contribution >= 0.6 is 23.4 Å². The van der Waals surface area contributed by atoms with E-state index < -0.39 is 0 Å². The van der Waals surface area contributed by atoms with Gasteiger partial charge in [-0.25, -0.2) is 0 Å². The number of carbonyl (C=O) groups is 1. The lowest BCUT2D eigenvalue weighted by Crippen LogP contribution is -2.36. The van der Waals surface area contributed by atoms with Crippen LogP contribution in [0.25, 0.3) is 0 Å². The zero-order valence-electron chi connectivity index (χ0n) is 15.7. The molecular weight excluding hydrogens is 374 g/mol. The highest BCUT2D eigenvalue weighted by atomic mass is 35.5. The molecule has 0 saturated carbocycles. The highest BCUT2D eigenvalue weighted by Gasteiger charge is 2.25. The predicted molar refractivity (Wildman–Crippen MR) is 103 cm³/mol. The standard InChI is InChI=1S/C18H24ClN3O3S/c1-12(26-17-21-20-16(25-17)18(2,3)4)15(23)22(5)10-11-24-14-8-6-13(19)7-9-14/h6-9,12H,10-11H2,1-5H3. The van der Waals surface area contributed by atoms with E-state index in [0.717, 1.165) is 5.75 Å². The lowest BCUT2D eigenvalue weighted by atomic mass is 9.97. The molecule has 1 aromatic heterocycles. The van der Waals surface area contributed by atoms with E-state index in [4.69, 9.17) is 20.8 Å². The Morgan fingerprint density at radius 1 is 1.31 bits per heavy atom. The third-order valence-electron chi connectivity index (χ3n) is 3.56. The first-order chi connectivity index (χ1) is 12.2. The second kappa shape index (κ2) is 8.77.